The quantitative estimate of drug-likeness (QED) is 0.894. The van der Waals surface area contributed by atoms with Crippen molar-refractivity contribution in [1.29, 1.82) is 0 Å². The van der Waals surface area contributed by atoms with Crippen molar-refractivity contribution in [2.24, 2.45) is 0 Å². The Morgan fingerprint density at radius 3 is 2.62 bits per heavy atom. The number of amides is 2. The van der Waals surface area contributed by atoms with Crippen molar-refractivity contribution >= 4 is 23.2 Å². The SMILES string of the molecule is Cc1ccc(C(=O)N2CCN(CC(=O)NCc3ccco3)CC2)s1. The first-order valence-corrected chi connectivity index (χ1v) is 8.80. The minimum Gasteiger partial charge on any atom is -0.467 e. The van der Waals surface area contributed by atoms with Gasteiger partial charge in [0.25, 0.3) is 5.91 Å². The second-order valence-electron chi connectivity index (χ2n) is 5.83. The Labute approximate surface area is 145 Å². The lowest BCUT2D eigenvalue weighted by Gasteiger charge is -2.34. The first-order chi connectivity index (χ1) is 11.6. The summed E-state index contributed by atoms with van der Waals surface area (Å²) >= 11 is 1.53. The molecule has 7 heteroatoms. The molecule has 0 aromatic carbocycles. The summed E-state index contributed by atoms with van der Waals surface area (Å²) in [6, 6.07) is 7.48. The maximum atomic E-state index is 12.4. The van der Waals surface area contributed by atoms with Crippen LogP contribution in [0.5, 0.6) is 0 Å². The molecule has 0 atom stereocenters. The summed E-state index contributed by atoms with van der Waals surface area (Å²) in [5, 5.41) is 2.84. The number of hydrogen-bond acceptors (Lipinski definition) is 5. The van der Waals surface area contributed by atoms with Crippen molar-refractivity contribution in [2.75, 3.05) is 32.7 Å². The molecule has 2 aromatic rings. The van der Waals surface area contributed by atoms with Crippen LogP contribution in [0.15, 0.2) is 34.9 Å². The van der Waals surface area contributed by atoms with E-state index in [-0.39, 0.29) is 11.8 Å². The molecule has 0 unspecified atom stereocenters. The van der Waals surface area contributed by atoms with Gasteiger partial charge in [-0.2, -0.15) is 0 Å². The van der Waals surface area contributed by atoms with Crippen LogP contribution in [0.2, 0.25) is 0 Å². The zero-order valence-electron chi connectivity index (χ0n) is 13.7. The average Bonchev–Trinajstić information content (AvgIpc) is 3.24. The smallest absolute Gasteiger partial charge is 0.264 e. The predicted molar refractivity (Wildman–Crippen MR) is 92.0 cm³/mol. The van der Waals surface area contributed by atoms with Gasteiger partial charge >= 0.3 is 0 Å². The van der Waals surface area contributed by atoms with Gasteiger partial charge in [-0.1, -0.05) is 0 Å². The molecule has 1 N–H and O–H groups in total. The minimum absolute atomic E-state index is 0.0277. The van der Waals surface area contributed by atoms with Crippen LogP contribution in [0, 0.1) is 6.92 Å². The molecule has 2 amide bonds. The van der Waals surface area contributed by atoms with E-state index < -0.39 is 0 Å². The first kappa shape index (κ1) is 16.7. The number of rotatable bonds is 5. The molecule has 2 aromatic heterocycles. The zero-order valence-corrected chi connectivity index (χ0v) is 14.5. The van der Waals surface area contributed by atoms with Gasteiger partial charge in [0.1, 0.15) is 5.76 Å². The van der Waals surface area contributed by atoms with E-state index >= 15 is 0 Å². The van der Waals surface area contributed by atoms with Gasteiger partial charge in [-0.3, -0.25) is 14.5 Å². The van der Waals surface area contributed by atoms with Crippen LogP contribution in [0.25, 0.3) is 0 Å². The Balaban J connectivity index is 1.41. The molecule has 1 aliphatic heterocycles. The van der Waals surface area contributed by atoms with Crippen LogP contribution in [0.4, 0.5) is 0 Å². The van der Waals surface area contributed by atoms with Crippen molar-refractivity contribution < 1.29 is 14.0 Å². The second kappa shape index (κ2) is 7.63. The summed E-state index contributed by atoms with van der Waals surface area (Å²) in [6.45, 7) is 5.49. The fourth-order valence-electron chi connectivity index (χ4n) is 2.67. The van der Waals surface area contributed by atoms with E-state index in [1.54, 1.807) is 12.3 Å². The highest BCUT2D eigenvalue weighted by atomic mass is 32.1. The lowest BCUT2D eigenvalue weighted by molar-refractivity contribution is -0.122. The molecule has 128 valence electrons. The minimum atomic E-state index is -0.0277. The number of hydrogen-bond donors (Lipinski definition) is 1. The topological polar surface area (TPSA) is 65.8 Å². The molecule has 0 bridgehead atoms. The van der Waals surface area contributed by atoms with Gasteiger partial charge in [0.05, 0.1) is 24.2 Å². The molecule has 1 fully saturated rings. The number of aryl methyl sites for hydroxylation is 1. The molecule has 1 aliphatic rings. The molecule has 3 heterocycles. The van der Waals surface area contributed by atoms with Crippen LogP contribution < -0.4 is 5.32 Å². The Kier molecular flexibility index (Phi) is 5.32. The van der Waals surface area contributed by atoms with Crippen molar-refractivity contribution in [3.8, 4) is 0 Å². The number of carbonyl (C=O) groups is 2. The summed E-state index contributed by atoms with van der Waals surface area (Å²) < 4.78 is 5.19. The number of carbonyl (C=O) groups excluding carboxylic acids is 2. The highest BCUT2D eigenvalue weighted by molar-refractivity contribution is 7.13. The third kappa shape index (κ3) is 4.24. The standard InChI is InChI=1S/C17H21N3O3S/c1-13-4-5-15(24-13)17(22)20-8-6-19(7-9-20)12-16(21)18-11-14-3-2-10-23-14/h2-5,10H,6-9,11-12H2,1H3,(H,18,21). The molecule has 1 saturated heterocycles. The molecule has 0 saturated carbocycles. The van der Waals surface area contributed by atoms with Gasteiger partial charge in [-0.25, -0.2) is 0 Å². The molecular formula is C17H21N3O3S. The lowest BCUT2D eigenvalue weighted by atomic mass is 10.3. The van der Waals surface area contributed by atoms with Crippen LogP contribution >= 0.6 is 11.3 Å². The van der Waals surface area contributed by atoms with Crippen LogP contribution in [0.1, 0.15) is 20.3 Å². The molecule has 24 heavy (non-hydrogen) atoms. The Morgan fingerprint density at radius 2 is 2.00 bits per heavy atom. The Bertz CT molecular complexity index is 688. The van der Waals surface area contributed by atoms with Gasteiger partial charge in [-0.15, -0.1) is 11.3 Å². The van der Waals surface area contributed by atoms with Crippen molar-refractivity contribution in [3.63, 3.8) is 0 Å². The first-order valence-electron chi connectivity index (χ1n) is 7.99. The van der Waals surface area contributed by atoms with E-state index in [1.165, 1.54) is 11.3 Å². The van der Waals surface area contributed by atoms with E-state index in [0.717, 1.165) is 15.5 Å². The van der Waals surface area contributed by atoms with Crippen molar-refractivity contribution in [2.45, 2.75) is 13.5 Å². The van der Waals surface area contributed by atoms with Crippen molar-refractivity contribution in [1.82, 2.24) is 15.1 Å². The summed E-state index contributed by atoms with van der Waals surface area (Å²) in [4.78, 5) is 30.2. The van der Waals surface area contributed by atoms with Gasteiger partial charge in [0, 0.05) is 31.1 Å². The van der Waals surface area contributed by atoms with Gasteiger partial charge in [0.15, 0.2) is 0 Å². The second-order valence-corrected chi connectivity index (χ2v) is 7.12. The molecule has 0 aliphatic carbocycles. The van der Waals surface area contributed by atoms with E-state index in [0.29, 0.717) is 39.3 Å². The highest BCUT2D eigenvalue weighted by Crippen LogP contribution is 2.18. The molecular weight excluding hydrogens is 326 g/mol. The van der Waals surface area contributed by atoms with E-state index in [1.807, 2.05) is 30.0 Å². The monoisotopic (exact) mass is 347 g/mol. The zero-order chi connectivity index (χ0) is 16.9. The summed E-state index contributed by atoms with van der Waals surface area (Å²) in [5.74, 6) is 0.806. The number of furan rings is 1. The number of nitrogens with zero attached hydrogens (tertiary/aromatic N) is 2. The Hall–Kier alpha value is -2.12. The van der Waals surface area contributed by atoms with E-state index in [4.69, 9.17) is 4.42 Å². The van der Waals surface area contributed by atoms with Crippen LogP contribution in [-0.4, -0.2) is 54.3 Å². The fourth-order valence-corrected chi connectivity index (χ4v) is 3.51. The number of piperazine rings is 1. The maximum Gasteiger partial charge on any atom is 0.264 e. The van der Waals surface area contributed by atoms with Crippen LogP contribution in [-0.2, 0) is 11.3 Å². The summed E-state index contributed by atoms with van der Waals surface area (Å²) in [7, 11) is 0. The maximum absolute atomic E-state index is 12.4. The number of thiophene rings is 1. The van der Waals surface area contributed by atoms with Crippen LogP contribution in [0.3, 0.4) is 0 Å². The number of nitrogens with one attached hydrogen (secondary N) is 1. The molecule has 3 rings (SSSR count). The predicted octanol–water partition coefficient (Wildman–Crippen LogP) is 1.72. The molecule has 0 radical (unpaired) electrons. The Morgan fingerprint density at radius 1 is 1.21 bits per heavy atom. The van der Waals surface area contributed by atoms with Crippen molar-refractivity contribution in [3.05, 3.63) is 46.0 Å². The van der Waals surface area contributed by atoms with Gasteiger partial charge in [0.2, 0.25) is 5.91 Å². The fraction of sp³-hybridized carbons (Fsp3) is 0.412. The third-order valence-corrected chi connectivity index (χ3v) is 5.01. The lowest BCUT2D eigenvalue weighted by Crippen LogP contribution is -2.51. The largest absolute Gasteiger partial charge is 0.467 e. The summed E-state index contributed by atoms with van der Waals surface area (Å²) in [5.41, 5.74) is 0. The van der Waals surface area contributed by atoms with Gasteiger partial charge in [-0.05, 0) is 31.2 Å². The summed E-state index contributed by atoms with van der Waals surface area (Å²) in [6.07, 6.45) is 1.59. The van der Waals surface area contributed by atoms with E-state index in [9.17, 15) is 9.59 Å². The van der Waals surface area contributed by atoms with Gasteiger partial charge < -0.3 is 14.6 Å². The van der Waals surface area contributed by atoms with E-state index in [2.05, 4.69) is 10.2 Å². The normalized spacial score (nSPS) is 15.5. The molecule has 0 spiro atoms. The average molecular weight is 347 g/mol. The highest BCUT2D eigenvalue weighted by Gasteiger charge is 2.24. The molecule has 6 nitrogen and oxygen atoms in total. The third-order valence-electron chi connectivity index (χ3n) is 4.02.